The van der Waals surface area contributed by atoms with Crippen LogP contribution in [0.4, 0.5) is 17.1 Å². The van der Waals surface area contributed by atoms with Crippen molar-refractivity contribution in [1.82, 2.24) is 0 Å². The molecular formula is C48H33N. The quantitative estimate of drug-likeness (QED) is 0.167. The molecule has 9 rings (SSSR count). The van der Waals surface area contributed by atoms with Crippen molar-refractivity contribution in [3.8, 4) is 33.4 Å². The molecule has 0 amide bonds. The first-order valence-electron chi connectivity index (χ1n) is 16.8. The van der Waals surface area contributed by atoms with Crippen LogP contribution in [0.25, 0.3) is 65.7 Å². The van der Waals surface area contributed by atoms with Gasteiger partial charge < -0.3 is 4.90 Å². The van der Waals surface area contributed by atoms with Crippen molar-refractivity contribution in [2.24, 2.45) is 0 Å². The molecule has 0 aliphatic heterocycles. The highest BCUT2D eigenvalue weighted by atomic mass is 15.1. The number of fused-ring (bicyclic) bond motifs is 4. The summed E-state index contributed by atoms with van der Waals surface area (Å²) in [6, 6.07) is 72.4. The lowest BCUT2D eigenvalue weighted by Gasteiger charge is -2.26. The van der Waals surface area contributed by atoms with E-state index in [0.29, 0.717) is 0 Å². The Morgan fingerprint density at radius 2 is 0.673 bits per heavy atom. The van der Waals surface area contributed by atoms with Gasteiger partial charge in [0, 0.05) is 17.1 Å². The molecule has 0 aliphatic carbocycles. The minimum atomic E-state index is 1.11. The number of hydrogen-bond acceptors (Lipinski definition) is 1. The van der Waals surface area contributed by atoms with Crippen LogP contribution in [0.1, 0.15) is 0 Å². The summed E-state index contributed by atoms with van der Waals surface area (Å²) in [6.45, 7) is 0. The van der Waals surface area contributed by atoms with E-state index in [2.05, 4.69) is 205 Å². The van der Waals surface area contributed by atoms with Gasteiger partial charge in [0.2, 0.25) is 0 Å². The lowest BCUT2D eigenvalue weighted by Crippen LogP contribution is -2.10. The Morgan fingerprint density at radius 1 is 0.245 bits per heavy atom. The Balaban J connectivity index is 1.17. The monoisotopic (exact) mass is 623 g/mol. The van der Waals surface area contributed by atoms with Gasteiger partial charge in [-0.3, -0.25) is 0 Å². The number of nitrogens with zero attached hydrogens (tertiary/aromatic N) is 1. The molecule has 0 spiro atoms. The predicted molar refractivity (Wildman–Crippen MR) is 210 cm³/mol. The number of hydrogen-bond donors (Lipinski definition) is 0. The maximum absolute atomic E-state index is 2.38. The van der Waals surface area contributed by atoms with Crippen molar-refractivity contribution in [1.29, 1.82) is 0 Å². The van der Waals surface area contributed by atoms with E-state index in [1.807, 2.05) is 0 Å². The van der Waals surface area contributed by atoms with Crippen LogP contribution in [-0.2, 0) is 0 Å². The van der Waals surface area contributed by atoms with E-state index < -0.39 is 0 Å². The van der Waals surface area contributed by atoms with Gasteiger partial charge >= 0.3 is 0 Å². The predicted octanol–water partition coefficient (Wildman–Crippen LogP) is 13.6. The molecule has 1 nitrogen and oxygen atoms in total. The van der Waals surface area contributed by atoms with Crippen molar-refractivity contribution in [2.75, 3.05) is 4.90 Å². The molecule has 1 heteroatoms. The second kappa shape index (κ2) is 12.3. The first kappa shape index (κ1) is 28.8. The molecule has 0 bridgehead atoms. The fraction of sp³-hybridized carbons (Fsp3) is 0. The van der Waals surface area contributed by atoms with Crippen molar-refractivity contribution in [2.45, 2.75) is 0 Å². The lowest BCUT2D eigenvalue weighted by atomic mass is 9.94. The zero-order valence-corrected chi connectivity index (χ0v) is 27.0. The van der Waals surface area contributed by atoms with Gasteiger partial charge in [-0.05, 0) is 102 Å². The Bertz CT molecular complexity index is 2580. The van der Waals surface area contributed by atoms with E-state index in [4.69, 9.17) is 0 Å². The largest absolute Gasteiger partial charge is 0.310 e. The molecule has 0 saturated carbocycles. The summed E-state index contributed by atoms with van der Waals surface area (Å²) in [5.74, 6) is 0. The van der Waals surface area contributed by atoms with E-state index in [1.165, 1.54) is 65.7 Å². The van der Waals surface area contributed by atoms with Crippen LogP contribution in [0.5, 0.6) is 0 Å². The van der Waals surface area contributed by atoms with Crippen LogP contribution in [-0.4, -0.2) is 0 Å². The summed E-state index contributed by atoms with van der Waals surface area (Å²) in [5, 5.41) is 7.52. The van der Waals surface area contributed by atoms with Crippen LogP contribution >= 0.6 is 0 Å². The van der Waals surface area contributed by atoms with Gasteiger partial charge in [-0.25, -0.2) is 0 Å². The highest BCUT2D eigenvalue weighted by molar-refractivity contribution is 6.09. The standard InChI is InChI=1S/C48H33N/c1-2-11-34(12-3-1)43-17-8-9-18-45(43)37-23-28-40(29-24-37)49(42-32-27-39-22-21-36-14-5-7-19-47(36)48(39)33-42)41-30-25-38(26-31-41)46-20-10-15-35-13-4-6-16-44(35)46/h1-33H. The van der Waals surface area contributed by atoms with Crippen molar-refractivity contribution in [3.63, 3.8) is 0 Å². The zero-order chi connectivity index (χ0) is 32.6. The minimum absolute atomic E-state index is 1.11. The minimum Gasteiger partial charge on any atom is -0.310 e. The Morgan fingerprint density at radius 3 is 1.35 bits per heavy atom. The first-order chi connectivity index (χ1) is 24.3. The summed E-state index contributed by atoms with van der Waals surface area (Å²) >= 11 is 0. The molecule has 49 heavy (non-hydrogen) atoms. The Hall–Kier alpha value is -6.44. The van der Waals surface area contributed by atoms with Crippen molar-refractivity contribution in [3.05, 3.63) is 200 Å². The lowest BCUT2D eigenvalue weighted by molar-refractivity contribution is 1.29. The number of rotatable bonds is 6. The number of anilines is 3. The molecule has 0 radical (unpaired) electrons. The van der Waals surface area contributed by atoms with Gasteiger partial charge in [-0.1, -0.05) is 164 Å². The Labute approximate surface area is 287 Å². The fourth-order valence-electron chi connectivity index (χ4n) is 7.24. The third-order valence-corrected chi connectivity index (χ3v) is 9.66. The fourth-order valence-corrected chi connectivity index (χ4v) is 7.24. The highest BCUT2D eigenvalue weighted by Crippen LogP contribution is 2.40. The second-order valence-corrected chi connectivity index (χ2v) is 12.6. The molecule has 9 aromatic rings. The topological polar surface area (TPSA) is 3.24 Å². The summed E-state index contributed by atoms with van der Waals surface area (Å²) in [5.41, 5.74) is 10.7. The second-order valence-electron chi connectivity index (χ2n) is 12.6. The maximum atomic E-state index is 2.38. The van der Waals surface area contributed by atoms with E-state index in [1.54, 1.807) is 0 Å². The summed E-state index contributed by atoms with van der Waals surface area (Å²) < 4.78 is 0. The van der Waals surface area contributed by atoms with E-state index in [9.17, 15) is 0 Å². The molecule has 0 saturated heterocycles. The maximum Gasteiger partial charge on any atom is 0.0468 e. The van der Waals surface area contributed by atoms with Crippen LogP contribution in [0.3, 0.4) is 0 Å². The molecule has 0 atom stereocenters. The average Bonchev–Trinajstić information content (AvgIpc) is 3.19. The highest BCUT2D eigenvalue weighted by Gasteiger charge is 2.16. The molecular weight excluding hydrogens is 591 g/mol. The third kappa shape index (κ3) is 5.32. The van der Waals surface area contributed by atoms with Crippen LogP contribution in [0, 0.1) is 0 Å². The molecule has 0 N–H and O–H groups in total. The zero-order valence-electron chi connectivity index (χ0n) is 27.0. The van der Waals surface area contributed by atoms with Gasteiger partial charge in [0.25, 0.3) is 0 Å². The van der Waals surface area contributed by atoms with Gasteiger partial charge in [0.05, 0.1) is 0 Å². The molecule has 0 unspecified atom stereocenters. The Kier molecular flexibility index (Phi) is 7.22. The third-order valence-electron chi connectivity index (χ3n) is 9.66. The van der Waals surface area contributed by atoms with Gasteiger partial charge in [0.15, 0.2) is 0 Å². The molecule has 0 fully saturated rings. The summed E-state index contributed by atoms with van der Waals surface area (Å²) in [6.07, 6.45) is 0. The molecule has 230 valence electrons. The normalized spacial score (nSPS) is 11.3. The van der Waals surface area contributed by atoms with Crippen LogP contribution in [0.2, 0.25) is 0 Å². The first-order valence-corrected chi connectivity index (χ1v) is 16.8. The SMILES string of the molecule is c1ccc(-c2ccccc2-c2ccc(N(c3ccc(-c4cccc5ccccc45)cc3)c3ccc4ccc5ccccc5c4c3)cc2)cc1. The summed E-state index contributed by atoms with van der Waals surface area (Å²) in [7, 11) is 0. The van der Waals surface area contributed by atoms with Crippen molar-refractivity contribution < 1.29 is 0 Å². The van der Waals surface area contributed by atoms with E-state index in [-0.39, 0.29) is 0 Å². The van der Waals surface area contributed by atoms with Gasteiger partial charge in [-0.15, -0.1) is 0 Å². The van der Waals surface area contributed by atoms with Crippen LogP contribution < -0.4 is 4.90 Å². The smallest absolute Gasteiger partial charge is 0.0468 e. The van der Waals surface area contributed by atoms with Gasteiger partial charge in [-0.2, -0.15) is 0 Å². The average molecular weight is 624 g/mol. The molecule has 0 aromatic heterocycles. The van der Waals surface area contributed by atoms with E-state index in [0.717, 1.165) is 17.1 Å². The number of benzene rings is 9. The molecule has 0 aliphatic rings. The van der Waals surface area contributed by atoms with Crippen LogP contribution in [0.15, 0.2) is 200 Å². The van der Waals surface area contributed by atoms with E-state index >= 15 is 0 Å². The van der Waals surface area contributed by atoms with Crippen molar-refractivity contribution >= 4 is 49.4 Å². The van der Waals surface area contributed by atoms with Gasteiger partial charge in [0.1, 0.15) is 0 Å². The molecule has 9 aromatic carbocycles. The molecule has 0 heterocycles. The summed E-state index contributed by atoms with van der Waals surface area (Å²) in [4.78, 5) is 2.38.